The standard InChI is InChI=1S/C13H17FN4O.ClH/c1-18(9-12-16-13(8-15)19-17-12)7-6-10-2-4-11(14)5-3-10;/h2-5H,6-9,15H2,1H3;1H. The molecule has 0 saturated carbocycles. The molecule has 0 radical (unpaired) electrons. The SMILES string of the molecule is CN(CCc1ccc(F)cc1)Cc1noc(CN)n1.Cl. The third-order valence-electron chi connectivity index (χ3n) is 2.79. The first-order valence-electron chi connectivity index (χ1n) is 6.12. The van der Waals surface area contributed by atoms with Crippen molar-refractivity contribution in [1.82, 2.24) is 15.0 Å². The molecule has 0 bridgehead atoms. The molecular formula is C13H18ClFN4O. The van der Waals surface area contributed by atoms with Crippen LogP contribution in [0.4, 0.5) is 4.39 Å². The van der Waals surface area contributed by atoms with Crippen LogP contribution in [0.2, 0.25) is 0 Å². The summed E-state index contributed by atoms with van der Waals surface area (Å²) in [5.74, 6) is 0.863. The second kappa shape index (κ2) is 7.94. The molecule has 1 aromatic heterocycles. The van der Waals surface area contributed by atoms with E-state index in [9.17, 15) is 4.39 Å². The average molecular weight is 301 g/mol. The van der Waals surface area contributed by atoms with Gasteiger partial charge in [0.25, 0.3) is 0 Å². The van der Waals surface area contributed by atoms with E-state index in [0.29, 0.717) is 18.3 Å². The molecule has 0 saturated heterocycles. The molecule has 0 spiro atoms. The lowest BCUT2D eigenvalue weighted by Gasteiger charge is -2.14. The fraction of sp³-hybridized carbons (Fsp3) is 0.385. The molecule has 2 rings (SSSR count). The predicted octanol–water partition coefficient (Wildman–Crippen LogP) is 1.76. The molecule has 0 amide bonds. The Balaban J connectivity index is 0.00000200. The lowest BCUT2D eigenvalue weighted by Crippen LogP contribution is -2.21. The van der Waals surface area contributed by atoms with E-state index in [0.717, 1.165) is 18.5 Å². The molecule has 1 heterocycles. The molecular weight excluding hydrogens is 283 g/mol. The Hall–Kier alpha value is -1.50. The minimum atomic E-state index is -0.210. The highest BCUT2D eigenvalue weighted by Crippen LogP contribution is 2.05. The van der Waals surface area contributed by atoms with Crippen LogP contribution >= 0.6 is 12.4 Å². The van der Waals surface area contributed by atoms with Gasteiger partial charge in [-0.15, -0.1) is 12.4 Å². The van der Waals surface area contributed by atoms with E-state index < -0.39 is 0 Å². The van der Waals surface area contributed by atoms with Gasteiger partial charge in [-0.25, -0.2) is 4.39 Å². The van der Waals surface area contributed by atoms with Crippen LogP contribution in [0.1, 0.15) is 17.3 Å². The van der Waals surface area contributed by atoms with Gasteiger partial charge < -0.3 is 10.3 Å². The number of benzene rings is 1. The molecule has 0 aliphatic carbocycles. The molecule has 2 N–H and O–H groups in total. The van der Waals surface area contributed by atoms with Gasteiger partial charge >= 0.3 is 0 Å². The molecule has 0 fully saturated rings. The van der Waals surface area contributed by atoms with E-state index in [1.165, 1.54) is 12.1 Å². The number of nitrogens with two attached hydrogens (primary N) is 1. The van der Waals surface area contributed by atoms with Crippen molar-refractivity contribution >= 4 is 12.4 Å². The Kier molecular flexibility index (Phi) is 6.57. The summed E-state index contributed by atoms with van der Waals surface area (Å²) in [5, 5.41) is 3.84. The summed E-state index contributed by atoms with van der Waals surface area (Å²) in [4.78, 5) is 6.22. The smallest absolute Gasteiger partial charge is 0.240 e. The fourth-order valence-electron chi connectivity index (χ4n) is 1.73. The number of aromatic nitrogens is 2. The van der Waals surface area contributed by atoms with Crippen LogP contribution in [0.25, 0.3) is 0 Å². The third-order valence-corrected chi connectivity index (χ3v) is 2.79. The number of likely N-dealkylation sites (N-methyl/N-ethyl adjacent to an activating group) is 1. The summed E-state index contributed by atoms with van der Waals surface area (Å²) in [5.41, 5.74) is 6.50. The molecule has 1 aromatic carbocycles. The van der Waals surface area contributed by atoms with E-state index in [1.807, 2.05) is 7.05 Å². The molecule has 20 heavy (non-hydrogen) atoms. The van der Waals surface area contributed by atoms with E-state index >= 15 is 0 Å². The number of hydrogen-bond donors (Lipinski definition) is 1. The Morgan fingerprint density at radius 2 is 2.00 bits per heavy atom. The summed E-state index contributed by atoms with van der Waals surface area (Å²) in [6, 6.07) is 6.54. The van der Waals surface area contributed by atoms with Crippen LogP contribution in [-0.2, 0) is 19.5 Å². The number of halogens is 2. The van der Waals surface area contributed by atoms with Gasteiger partial charge in [0.2, 0.25) is 5.89 Å². The van der Waals surface area contributed by atoms with Gasteiger partial charge in [0.15, 0.2) is 5.82 Å². The Labute approximate surface area is 123 Å². The summed E-state index contributed by atoms with van der Waals surface area (Å²) >= 11 is 0. The van der Waals surface area contributed by atoms with Crippen molar-refractivity contribution in [3.05, 3.63) is 47.4 Å². The molecule has 7 heteroatoms. The molecule has 0 aliphatic heterocycles. The van der Waals surface area contributed by atoms with Crippen LogP contribution in [0, 0.1) is 5.82 Å². The predicted molar refractivity (Wildman–Crippen MR) is 75.9 cm³/mol. The highest BCUT2D eigenvalue weighted by molar-refractivity contribution is 5.85. The minimum Gasteiger partial charge on any atom is -0.338 e. The normalized spacial score (nSPS) is 10.6. The van der Waals surface area contributed by atoms with Gasteiger partial charge in [0, 0.05) is 6.54 Å². The molecule has 5 nitrogen and oxygen atoms in total. The van der Waals surface area contributed by atoms with Gasteiger partial charge in [0.1, 0.15) is 5.82 Å². The van der Waals surface area contributed by atoms with Crippen molar-refractivity contribution in [1.29, 1.82) is 0 Å². The molecule has 0 aliphatic rings. The van der Waals surface area contributed by atoms with Crippen molar-refractivity contribution < 1.29 is 8.91 Å². The van der Waals surface area contributed by atoms with Gasteiger partial charge in [-0.1, -0.05) is 17.3 Å². The van der Waals surface area contributed by atoms with Crippen molar-refractivity contribution in [2.24, 2.45) is 5.73 Å². The third kappa shape index (κ3) is 4.88. The van der Waals surface area contributed by atoms with Crippen LogP contribution < -0.4 is 5.73 Å². The zero-order chi connectivity index (χ0) is 13.7. The molecule has 110 valence electrons. The van der Waals surface area contributed by atoms with Gasteiger partial charge in [0.05, 0.1) is 13.1 Å². The maximum atomic E-state index is 12.8. The van der Waals surface area contributed by atoms with E-state index in [2.05, 4.69) is 15.0 Å². The van der Waals surface area contributed by atoms with Crippen molar-refractivity contribution in [3.63, 3.8) is 0 Å². The largest absolute Gasteiger partial charge is 0.338 e. The first kappa shape index (κ1) is 16.6. The van der Waals surface area contributed by atoms with Gasteiger partial charge in [-0.05, 0) is 31.2 Å². The Morgan fingerprint density at radius 1 is 1.30 bits per heavy atom. The number of nitrogens with zero attached hydrogens (tertiary/aromatic N) is 3. The lowest BCUT2D eigenvalue weighted by atomic mass is 10.1. The number of rotatable bonds is 6. The molecule has 0 unspecified atom stereocenters. The first-order chi connectivity index (χ1) is 9.17. The van der Waals surface area contributed by atoms with Gasteiger partial charge in [-0.2, -0.15) is 4.98 Å². The van der Waals surface area contributed by atoms with E-state index in [4.69, 9.17) is 10.3 Å². The summed E-state index contributed by atoms with van der Waals surface area (Å²) < 4.78 is 17.7. The molecule has 2 aromatic rings. The summed E-state index contributed by atoms with van der Waals surface area (Å²) in [7, 11) is 1.97. The highest BCUT2D eigenvalue weighted by atomic mass is 35.5. The average Bonchev–Trinajstić information content (AvgIpc) is 2.86. The second-order valence-electron chi connectivity index (χ2n) is 4.42. The topological polar surface area (TPSA) is 68.2 Å². The Bertz CT molecular complexity index is 517. The Morgan fingerprint density at radius 3 is 2.60 bits per heavy atom. The maximum Gasteiger partial charge on any atom is 0.240 e. The minimum absolute atomic E-state index is 0. The van der Waals surface area contributed by atoms with Gasteiger partial charge in [-0.3, -0.25) is 4.90 Å². The fourth-order valence-corrected chi connectivity index (χ4v) is 1.73. The molecule has 0 atom stereocenters. The maximum absolute atomic E-state index is 12.8. The zero-order valence-corrected chi connectivity index (χ0v) is 12.1. The van der Waals surface area contributed by atoms with Crippen LogP contribution in [0.15, 0.2) is 28.8 Å². The van der Waals surface area contributed by atoms with Crippen LogP contribution in [0.3, 0.4) is 0 Å². The summed E-state index contributed by atoms with van der Waals surface area (Å²) in [6.07, 6.45) is 0.846. The summed E-state index contributed by atoms with van der Waals surface area (Å²) in [6.45, 7) is 1.69. The van der Waals surface area contributed by atoms with Crippen molar-refractivity contribution in [3.8, 4) is 0 Å². The highest BCUT2D eigenvalue weighted by Gasteiger charge is 2.07. The van der Waals surface area contributed by atoms with Crippen LogP contribution in [0.5, 0.6) is 0 Å². The zero-order valence-electron chi connectivity index (χ0n) is 11.3. The number of hydrogen-bond acceptors (Lipinski definition) is 5. The van der Waals surface area contributed by atoms with Crippen molar-refractivity contribution in [2.75, 3.05) is 13.6 Å². The first-order valence-corrected chi connectivity index (χ1v) is 6.12. The lowest BCUT2D eigenvalue weighted by molar-refractivity contribution is 0.310. The van der Waals surface area contributed by atoms with Crippen LogP contribution in [-0.4, -0.2) is 28.6 Å². The monoisotopic (exact) mass is 300 g/mol. The van der Waals surface area contributed by atoms with Crippen molar-refractivity contribution in [2.45, 2.75) is 19.5 Å². The van der Waals surface area contributed by atoms with E-state index in [1.54, 1.807) is 12.1 Å². The second-order valence-corrected chi connectivity index (χ2v) is 4.42. The quantitative estimate of drug-likeness (QED) is 0.880. The van der Waals surface area contributed by atoms with E-state index in [-0.39, 0.29) is 24.8 Å².